The standard InChI is InChI=1S/C20H23N7O3S/c1-4-26-16-9-8-14(31(29,30)25(2)3)13-15(16)21-17(26)10-11-19(28)22-20-24-23-18-7-5-6-12-27(18)20/h5-9,12-13H,4,10-11H2,1-3H3,(H,22,24,28). The molecule has 0 aliphatic heterocycles. The highest BCUT2D eigenvalue weighted by Crippen LogP contribution is 2.23. The molecule has 0 aliphatic rings. The first kappa shape index (κ1) is 20.9. The van der Waals surface area contributed by atoms with E-state index in [2.05, 4.69) is 20.5 Å². The second-order valence-electron chi connectivity index (χ2n) is 7.21. The van der Waals surface area contributed by atoms with E-state index in [-0.39, 0.29) is 17.2 Å². The van der Waals surface area contributed by atoms with Gasteiger partial charge in [0.25, 0.3) is 0 Å². The minimum absolute atomic E-state index is 0.189. The zero-order chi connectivity index (χ0) is 22.2. The van der Waals surface area contributed by atoms with E-state index in [9.17, 15) is 13.2 Å². The van der Waals surface area contributed by atoms with Gasteiger partial charge in [-0.05, 0) is 37.3 Å². The molecule has 0 bridgehead atoms. The number of sulfonamides is 1. The topological polar surface area (TPSA) is 114 Å². The van der Waals surface area contributed by atoms with Gasteiger partial charge in [0.2, 0.25) is 21.9 Å². The summed E-state index contributed by atoms with van der Waals surface area (Å²) < 4.78 is 29.7. The van der Waals surface area contributed by atoms with Crippen molar-refractivity contribution >= 4 is 38.6 Å². The van der Waals surface area contributed by atoms with E-state index in [0.29, 0.717) is 30.1 Å². The van der Waals surface area contributed by atoms with Gasteiger partial charge in [0.05, 0.1) is 15.9 Å². The van der Waals surface area contributed by atoms with Gasteiger partial charge in [0.15, 0.2) is 5.65 Å². The number of aromatic nitrogens is 5. The van der Waals surface area contributed by atoms with Crippen LogP contribution in [0.25, 0.3) is 16.7 Å². The van der Waals surface area contributed by atoms with E-state index in [0.717, 1.165) is 11.3 Å². The number of aryl methyl sites for hydroxylation is 2. The van der Waals surface area contributed by atoms with Crippen molar-refractivity contribution < 1.29 is 13.2 Å². The number of pyridine rings is 1. The highest BCUT2D eigenvalue weighted by Gasteiger charge is 2.20. The molecule has 0 radical (unpaired) electrons. The maximum Gasteiger partial charge on any atom is 0.242 e. The Balaban J connectivity index is 1.54. The molecule has 0 spiro atoms. The lowest BCUT2D eigenvalue weighted by Gasteiger charge is -2.11. The molecular weight excluding hydrogens is 418 g/mol. The number of fused-ring (bicyclic) bond motifs is 2. The molecule has 10 nitrogen and oxygen atoms in total. The fourth-order valence-corrected chi connectivity index (χ4v) is 4.34. The van der Waals surface area contributed by atoms with Crippen molar-refractivity contribution in [1.29, 1.82) is 0 Å². The van der Waals surface area contributed by atoms with Gasteiger partial charge in [-0.1, -0.05) is 6.07 Å². The van der Waals surface area contributed by atoms with E-state index in [1.54, 1.807) is 34.9 Å². The van der Waals surface area contributed by atoms with Gasteiger partial charge in [-0.3, -0.25) is 14.5 Å². The zero-order valence-corrected chi connectivity index (χ0v) is 18.3. The minimum atomic E-state index is -3.55. The van der Waals surface area contributed by atoms with Gasteiger partial charge in [-0.2, -0.15) is 0 Å². The second-order valence-corrected chi connectivity index (χ2v) is 9.36. The third-order valence-corrected chi connectivity index (χ3v) is 6.85. The Bertz CT molecular complexity index is 1370. The fourth-order valence-electron chi connectivity index (χ4n) is 3.41. The molecule has 0 atom stereocenters. The molecule has 162 valence electrons. The van der Waals surface area contributed by atoms with E-state index in [1.165, 1.54) is 18.4 Å². The number of amides is 1. The molecule has 0 fully saturated rings. The summed E-state index contributed by atoms with van der Waals surface area (Å²) in [6.07, 6.45) is 2.38. The molecule has 3 aromatic heterocycles. The van der Waals surface area contributed by atoms with Crippen molar-refractivity contribution in [2.45, 2.75) is 31.2 Å². The van der Waals surface area contributed by atoms with Crippen LogP contribution in [0.2, 0.25) is 0 Å². The van der Waals surface area contributed by atoms with Crippen molar-refractivity contribution in [3.8, 4) is 0 Å². The molecule has 0 unspecified atom stereocenters. The number of hydrogen-bond donors (Lipinski definition) is 1. The molecule has 0 saturated carbocycles. The van der Waals surface area contributed by atoms with Gasteiger partial charge in [0, 0.05) is 39.7 Å². The molecule has 1 amide bonds. The largest absolute Gasteiger partial charge is 0.328 e. The number of hydrogen-bond acceptors (Lipinski definition) is 6. The number of carbonyl (C=O) groups is 1. The fraction of sp³-hybridized carbons (Fsp3) is 0.300. The third-order valence-electron chi connectivity index (χ3n) is 5.03. The van der Waals surface area contributed by atoms with Crippen LogP contribution >= 0.6 is 0 Å². The number of rotatable bonds is 7. The smallest absolute Gasteiger partial charge is 0.242 e. The SMILES string of the molecule is CCn1c(CCC(=O)Nc2nnc3ccccn23)nc2cc(S(=O)(=O)N(C)C)ccc21. The number of nitrogens with zero attached hydrogens (tertiary/aromatic N) is 6. The first-order valence-corrected chi connectivity index (χ1v) is 11.3. The van der Waals surface area contributed by atoms with Crippen LogP contribution in [-0.4, -0.2) is 56.9 Å². The summed E-state index contributed by atoms with van der Waals surface area (Å²) in [5.41, 5.74) is 2.07. The molecular formula is C20H23N7O3S. The van der Waals surface area contributed by atoms with Crippen LogP contribution in [0.15, 0.2) is 47.5 Å². The molecule has 0 saturated heterocycles. The van der Waals surface area contributed by atoms with Crippen LogP contribution in [0, 0.1) is 0 Å². The molecule has 31 heavy (non-hydrogen) atoms. The van der Waals surface area contributed by atoms with Crippen molar-refractivity contribution in [2.24, 2.45) is 0 Å². The van der Waals surface area contributed by atoms with Crippen LogP contribution in [-0.2, 0) is 27.8 Å². The second kappa shape index (κ2) is 8.08. The van der Waals surface area contributed by atoms with Crippen molar-refractivity contribution in [2.75, 3.05) is 19.4 Å². The van der Waals surface area contributed by atoms with Crippen LogP contribution in [0.1, 0.15) is 19.2 Å². The lowest BCUT2D eigenvalue weighted by Crippen LogP contribution is -2.22. The van der Waals surface area contributed by atoms with Crippen molar-refractivity contribution in [1.82, 2.24) is 28.5 Å². The Labute approximate surface area is 179 Å². The maximum absolute atomic E-state index is 12.5. The molecule has 0 aliphatic carbocycles. The van der Waals surface area contributed by atoms with Gasteiger partial charge in [-0.25, -0.2) is 17.7 Å². The number of imidazole rings is 1. The summed E-state index contributed by atoms with van der Waals surface area (Å²) in [6.45, 7) is 2.64. The molecule has 1 aromatic carbocycles. The highest BCUT2D eigenvalue weighted by molar-refractivity contribution is 7.89. The lowest BCUT2D eigenvalue weighted by molar-refractivity contribution is -0.116. The average molecular weight is 442 g/mol. The van der Waals surface area contributed by atoms with E-state index < -0.39 is 10.0 Å². The summed E-state index contributed by atoms with van der Waals surface area (Å²) in [5, 5.41) is 10.8. The first-order chi connectivity index (χ1) is 14.8. The predicted molar refractivity (Wildman–Crippen MR) is 116 cm³/mol. The van der Waals surface area contributed by atoms with Gasteiger partial charge in [0.1, 0.15) is 5.82 Å². The van der Waals surface area contributed by atoms with Crippen LogP contribution < -0.4 is 5.32 Å². The van der Waals surface area contributed by atoms with Gasteiger partial charge < -0.3 is 4.57 Å². The Morgan fingerprint density at radius 2 is 1.97 bits per heavy atom. The van der Waals surface area contributed by atoms with E-state index >= 15 is 0 Å². The summed E-state index contributed by atoms with van der Waals surface area (Å²) in [4.78, 5) is 17.3. The van der Waals surface area contributed by atoms with E-state index in [4.69, 9.17) is 0 Å². The Kier molecular flexibility index (Phi) is 5.46. The highest BCUT2D eigenvalue weighted by atomic mass is 32.2. The molecule has 1 N–H and O–H groups in total. The zero-order valence-electron chi connectivity index (χ0n) is 17.5. The van der Waals surface area contributed by atoms with Crippen LogP contribution in [0.4, 0.5) is 5.95 Å². The maximum atomic E-state index is 12.5. The lowest BCUT2D eigenvalue weighted by atomic mass is 10.3. The number of anilines is 1. The summed E-state index contributed by atoms with van der Waals surface area (Å²) in [5.74, 6) is 0.880. The summed E-state index contributed by atoms with van der Waals surface area (Å²) in [7, 11) is -0.561. The third kappa shape index (κ3) is 3.89. The average Bonchev–Trinajstić information content (AvgIpc) is 3.32. The minimum Gasteiger partial charge on any atom is -0.328 e. The predicted octanol–water partition coefficient (Wildman–Crippen LogP) is 1.92. The summed E-state index contributed by atoms with van der Waals surface area (Å²) in [6, 6.07) is 10.4. The normalized spacial score (nSPS) is 12.1. The Morgan fingerprint density at radius 1 is 1.16 bits per heavy atom. The summed E-state index contributed by atoms with van der Waals surface area (Å²) >= 11 is 0. The first-order valence-electron chi connectivity index (χ1n) is 9.82. The van der Waals surface area contributed by atoms with Gasteiger partial charge in [-0.15, -0.1) is 10.2 Å². The Morgan fingerprint density at radius 3 is 2.71 bits per heavy atom. The van der Waals surface area contributed by atoms with Crippen molar-refractivity contribution in [3.05, 3.63) is 48.4 Å². The number of carbonyl (C=O) groups excluding carboxylic acids is 1. The van der Waals surface area contributed by atoms with Gasteiger partial charge >= 0.3 is 0 Å². The Hall–Kier alpha value is -3.31. The number of nitrogens with one attached hydrogen (secondary N) is 1. The number of benzene rings is 1. The molecule has 4 rings (SSSR count). The van der Waals surface area contributed by atoms with E-state index in [1.807, 2.05) is 23.6 Å². The van der Waals surface area contributed by atoms with Crippen molar-refractivity contribution in [3.63, 3.8) is 0 Å². The molecule has 4 aromatic rings. The van der Waals surface area contributed by atoms with Crippen LogP contribution in [0.5, 0.6) is 0 Å². The quantitative estimate of drug-likeness (QED) is 0.469. The van der Waals surface area contributed by atoms with Crippen LogP contribution in [0.3, 0.4) is 0 Å². The molecule has 3 heterocycles. The monoisotopic (exact) mass is 441 g/mol. The molecule has 11 heteroatoms.